The lowest BCUT2D eigenvalue weighted by atomic mass is 9.99. The van der Waals surface area contributed by atoms with Crippen molar-refractivity contribution in [1.29, 1.82) is 0 Å². The van der Waals surface area contributed by atoms with E-state index in [9.17, 15) is 9.59 Å². The van der Waals surface area contributed by atoms with Gasteiger partial charge in [-0.2, -0.15) is 0 Å². The topological polar surface area (TPSA) is 58.6 Å². The number of rotatable bonds is 3. The van der Waals surface area contributed by atoms with E-state index in [1.165, 1.54) is 6.42 Å². The summed E-state index contributed by atoms with van der Waals surface area (Å²) in [4.78, 5) is 26.5. The zero-order chi connectivity index (χ0) is 18.6. The average molecular weight is 411 g/mol. The van der Waals surface area contributed by atoms with Crippen LogP contribution in [0.2, 0.25) is 0 Å². The molecule has 0 spiro atoms. The maximum atomic E-state index is 12.8. The zero-order valence-corrected chi connectivity index (χ0v) is 17.0. The SMILES string of the molecule is CC1CCCN(C(=O)c2cc(Br)cc(CNC(=O)OC(C)(C)C)c2)C1. The van der Waals surface area contributed by atoms with E-state index >= 15 is 0 Å². The van der Waals surface area contributed by atoms with Crippen molar-refractivity contribution in [2.75, 3.05) is 13.1 Å². The average Bonchev–Trinajstić information content (AvgIpc) is 2.50. The fraction of sp³-hybridized carbons (Fsp3) is 0.579. The summed E-state index contributed by atoms with van der Waals surface area (Å²) in [5, 5.41) is 2.73. The van der Waals surface area contributed by atoms with Crippen LogP contribution in [-0.2, 0) is 11.3 Å². The second-order valence-electron chi connectivity index (χ2n) is 7.70. The highest BCUT2D eigenvalue weighted by Gasteiger charge is 2.22. The molecule has 5 nitrogen and oxygen atoms in total. The van der Waals surface area contributed by atoms with E-state index < -0.39 is 11.7 Å². The number of piperidine rings is 1. The van der Waals surface area contributed by atoms with Gasteiger partial charge in [-0.15, -0.1) is 0 Å². The quantitative estimate of drug-likeness (QED) is 0.805. The van der Waals surface area contributed by atoms with Crippen LogP contribution < -0.4 is 5.32 Å². The summed E-state index contributed by atoms with van der Waals surface area (Å²) >= 11 is 3.46. The van der Waals surface area contributed by atoms with Crippen LogP contribution >= 0.6 is 15.9 Å². The summed E-state index contributed by atoms with van der Waals surface area (Å²) in [5.41, 5.74) is 0.964. The first-order valence-corrected chi connectivity index (χ1v) is 9.49. The van der Waals surface area contributed by atoms with Gasteiger partial charge in [0.05, 0.1) is 0 Å². The highest BCUT2D eigenvalue weighted by Crippen LogP contribution is 2.21. The van der Waals surface area contributed by atoms with E-state index in [2.05, 4.69) is 28.2 Å². The van der Waals surface area contributed by atoms with Crippen molar-refractivity contribution in [3.05, 3.63) is 33.8 Å². The molecule has 2 amide bonds. The lowest BCUT2D eigenvalue weighted by Crippen LogP contribution is -2.39. The number of amides is 2. The predicted octanol–water partition coefficient (Wildman–Crippen LogP) is 4.35. The van der Waals surface area contributed by atoms with Crippen molar-refractivity contribution < 1.29 is 14.3 Å². The van der Waals surface area contributed by atoms with Crippen LogP contribution in [0, 0.1) is 5.92 Å². The molecule has 0 aromatic heterocycles. The van der Waals surface area contributed by atoms with E-state index in [0.29, 0.717) is 18.0 Å². The first-order valence-electron chi connectivity index (χ1n) is 8.69. The highest BCUT2D eigenvalue weighted by molar-refractivity contribution is 9.10. The van der Waals surface area contributed by atoms with E-state index in [4.69, 9.17) is 4.74 Å². The molecule has 1 saturated heterocycles. The Balaban J connectivity index is 2.04. The molecule has 0 bridgehead atoms. The molecular weight excluding hydrogens is 384 g/mol. The molecular formula is C19H27BrN2O3. The van der Waals surface area contributed by atoms with Crippen LogP contribution in [0.5, 0.6) is 0 Å². The molecule has 1 heterocycles. The Labute approximate surface area is 158 Å². The number of halogens is 1. The van der Waals surface area contributed by atoms with Crippen LogP contribution in [0.3, 0.4) is 0 Å². The Morgan fingerprint density at radius 1 is 1.32 bits per heavy atom. The summed E-state index contributed by atoms with van der Waals surface area (Å²) in [6.45, 7) is 9.56. The first kappa shape index (κ1) is 19.8. The van der Waals surface area contributed by atoms with Crippen molar-refractivity contribution in [3.8, 4) is 0 Å². The number of alkyl carbamates (subject to hydrolysis) is 1. The maximum absolute atomic E-state index is 12.8. The lowest BCUT2D eigenvalue weighted by molar-refractivity contribution is 0.0523. The number of carbonyl (C=O) groups excluding carboxylic acids is 2. The monoisotopic (exact) mass is 410 g/mol. The van der Waals surface area contributed by atoms with E-state index in [1.807, 2.05) is 43.9 Å². The number of hydrogen-bond acceptors (Lipinski definition) is 3. The number of carbonyl (C=O) groups is 2. The molecule has 1 aromatic rings. The van der Waals surface area contributed by atoms with Crippen LogP contribution in [0.1, 0.15) is 56.5 Å². The predicted molar refractivity (Wildman–Crippen MR) is 102 cm³/mol. The molecule has 0 radical (unpaired) electrons. The number of benzene rings is 1. The summed E-state index contributed by atoms with van der Waals surface area (Å²) in [6.07, 6.45) is 1.76. The molecule has 1 aliphatic heterocycles. The van der Waals surface area contributed by atoms with Gasteiger partial charge in [0.1, 0.15) is 5.60 Å². The van der Waals surface area contributed by atoms with Crippen molar-refractivity contribution in [3.63, 3.8) is 0 Å². The smallest absolute Gasteiger partial charge is 0.407 e. The second-order valence-corrected chi connectivity index (χ2v) is 8.62. The van der Waals surface area contributed by atoms with Gasteiger partial charge in [-0.3, -0.25) is 4.79 Å². The molecule has 1 aliphatic rings. The molecule has 1 unspecified atom stereocenters. The molecule has 2 rings (SSSR count). The third-order valence-corrected chi connectivity index (χ3v) is 4.44. The zero-order valence-electron chi connectivity index (χ0n) is 15.4. The van der Waals surface area contributed by atoms with Gasteiger partial charge in [0.15, 0.2) is 0 Å². The number of hydrogen-bond donors (Lipinski definition) is 1. The summed E-state index contributed by atoms with van der Waals surface area (Å²) in [5.74, 6) is 0.588. The van der Waals surface area contributed by atoms with Crippen molar-refractivity contribution in [2.24, 2.45) is 5.92 Å². The lowest BCUT2D eigenvalue weighted by Gasteiger charge is -2.31. The molecule has 138 valence electrons. The van der Waals surface area contributed by atoms with Crippen molar-refractivity contribution in [1.82, 2.24) is 10.2 Å². The van der Waals surface area contributed by atoms with Crippen LogP contribution in [0.15, 0.2) is 22.7 Å². The van der Waals surface area contributed by atoms with Crippen LogP contribution in [0.4, 0.5) is 4.79 Å². The molecule has 6 heteroatoms. The van der Waals surface area contributed by atoms with Gasteiger partial charge in [0, 0.05) is 29.7 Å². The molecule has 0 aliphatic carbocycles. The van der Waals surface area contributed by atoms with E-state index in [1.54, 1.807) is 0 Å². The summed E-state index contributed by atoms with van der Waals surface area (Å²) < 4.78 is 6.06. The van der Waals surface area contributed by atoms with Crippen LogP contribution in [-0.4, -0.2) is 35.6 Å². The Morgan fingerprint density at radius 3 is 2.68 bits per heavy atom. The number of nitrogens with zero attached hydrogens (tertiary/aromatic N) is 1. The first-order chi connectivity index (χ1) is 11.6. The molecule has 1 atom stereocenters. The van der Waals surface area contributed by atoms with Gasteiger partial charge >= 0.3 is 6.09 Å². The summed E-state index contributed by atoms with van der Waals surface area (Å²) in [7, 11) is 0. The van der Waals surface area contributed by atoms with E-state index in [-0.39, 0.29) is 5.91 Å². The third kappa shape index (κ3) is 6.34. The third-order valence-electron chi connectivity index (χ3n) is 3.98. The number of likely N-dealkylation sites (tertiary alicyclic amines) is 1. The normalized spacial score (nSPS) is 18.0. The molecule has 1 N–H and O–H groups in total. The van der Waals surface area contributed by atoms with Crippen LogP contribution in [0.25, 0.3) is 0 Å². The van der Waals surface area contributed by atoms with Crippen molar-refractivity contribution >= 4 is 27.9 Å². The molecule has 1 aromatic carbocycles. The van der Waals surface area contributed by atoms with Gasteiger partial charge in [-0.05, 0) is 63.3 Å². The Hall–Kier alpha value is -1.56. The van der Waals surface area contributed by atoms with Gasteiger partial charge in [-0.25, -0.2) is 4.79 Å². The standard InChI is InChI=1S/C19H27BrN2O3/c1-13-6-5-7-22(12-13)17(23)15-8-14(9-16(20)10-15)11-21-18(24)25-19(2,3)4/h8-10,13H,5-7,11-12H2,1-4H3,(H,21,24). The van der Waals surface area contributed by atoms with Gasteiger partial charge < -0.3 is 15.0 Å². The molecule has 1 fully saturated rings. The fourth-order valence-corrected chi connectivity index (χ4v) is 3.46. The van der Waals surface area contributed by atoms with Gasteiger partial charge in [-0.1, -0.05) is 22.9 Å². The number of nitrogens with one attached hydrogen (secondary N) is 1. The Kier molecular flexibility index (Phi) is 6.49. The minimum absolute atomic E-state index is 0.0476. The fourth-order valence-electron chi connectivity index (χ4n) is 2.92. The minimum atomic E-state index is -0.534. The molecule has 0 saturated carbocycles. The minimum Gasteiger partial charge on any atom is -0.444 e. The molecule has 25 heavy (non-hydrogen) atoms. The largest absolute Gasteiger partial charge is 0.444 e. The number of ether oxygens (including phenoxy) is 1. The highest BCUT2D eigenvalue weighted by atomic mass is 79.9. The maximum Gasteiger partial charge on any atom is 0.407 e. The van der Waals surface area contributed by atoms with Gasteiger partial charge in [0.2, 0.25) is 0 Å². The Bertz CT molecular complexity index is 640. The summed E-state index contributed by atoms with van der Waals surface area (Å²) in [6, 6.07) is 5.56. The van der Waals surface area contributed by atoms with Crippen molar-refractivity contribution in [2.45, 2.75) is 52.7 Å². The van der Waals surface area contributed by atoms with Gasteiger partial charge in [0.25, 0.3) is 5.91 Å². The van der Waals surface area contributed by atoms with E-state index in [0.717, 1.165) is 29.5 Å². The Morgan fingerprint density at radius 2 is 2.04 bits per heavy atom. The second kappa shape index (κ2) is 8.21.